The first-order valence-corrected chi connectivity index (χ1v) is 10.3. The number of aliphatic hydroxyl groups excluding tert-OH is 4. The number of H-pyrrole nitrogens is 1. The molecule has 6 N–H and O–H groups in total. The van der Waals surface area contributed by atoms with Crippen molar-refractivity contribution in [3.05, 3.63) is 59.8 Å². The Morgan fingerprint density at radius 1 is 1.06 bits per heavy atom. The minimum atomic E-state index is -1.63. The topological polar surface area (TPSA) is 152 Å². The van der Waals surface area contributed by atoms with Gasteiger partial charge in [0.05, 0.1) is 6.61 Å². The summed E-state index contributed by atoms with van der Waals surface area (Å²) in [6.45, 7) is -0.609. The fourth-order valence-electron chi connectivity index (χ4n) is 3.83. The molecular weight excluding hydrogens is 418 g/mol. The number of carbonyl (C=O) groups excluding carboxylic acids is 1. The van der Waals surface area contributed by atoms with Crippen LogP contribution in [0.1, 0.15) is 22.3 Å². The zero-order valence-corrected chi connectivity index (χ0v) is 17.1. The Morgan fingerprint density at radius 2 is 1.88 bits per heavy atom. The molecule has 1 saturated heterocycles. The van der Waals surface area contributed by atoms with Crippen LogP contribution in [0.3, 0.4) is 0 Å². The number of Topliss-reactive ketones (excluding diaryl/α,β-unsaturated/α-hetero) is 1. The number of aromatic hydroxyl groups is 1. The van der Waals surface area contributed by atoms with E-state index in [4.69, 9.17) is 9.47 Å². The molecule has 0 aliphatic carbocycles. The highest BCUT2D eigenvalue weighted by Gasteiger charge is 2.45. The minimum absolute atomic E-state index is 0.0413. The van der Waals surface area contributed by atoms with Crippen LogP contribution in [0.15, 0.2) is 48.7 Å². The summed E-state index contributed by atoms with van der Waals surface area (Å²) in [6, 6.07) is 12.0. The van der Waals surface area contributed by atoms with Gasteiger partial charge in [-0.2, -0.15) is 0 Å². The van der Waals surface area contributed by atoms with E-state index in [1.54, 1.807) is 0 Å². The van der Waals surface area contributed by atoms with Crippen molar-refractivity contribution in [2.45, 2.75) is 43.5 Å². The van der Waals surface area contributed by atoms with Gasteiger partial charge in [0.25, 0.3) is 0 Å². The van der Waals surface area contributed by atoms with E-state index in [9.17, 15) is 30.3 Å². The summed E-state index contributed by atoms with van der Waals surface area (Å²) in [6.07, 6.45) is -5.03. The highest BCUT2D eigenvalue weighted by molar-refractivity contribution is 6.01. The van der Waals surface area contributed by atoms with Gasteiger partial charge in [-0.05, 0) is 47.7 Å². The van der Waals surface area contributed by atoms with Crippen molar-refractivity contribution >= 4 is 16.7 Å². The molecule has 0 radical (unpaired) electrons. The lowest BCUT2D eigenvalue weighted by molar-refractivity contribution is -0.277. The van der Waals surface area contributed by atoms with E-state index in [2.05, 4.69) is 4.98 Å². The van der Waals surface area contributed by atoms with Crippen LogP contribution in [0.25, 0.3) is 10.9 Å². The molecule has 170 valence electrons. The Morgan fingerprint density at radius 3 is 2.66 bits per heavy atom. The number of aromatic amines is 1. The van der Waals surface area contributed by atoms with Gasteiger partial charge in [0, 0.05) is 18.1 Å². The van der Waals surface area contributed by atoms with Gasteiger partial charge < -0.3 is 40.0 Å². The second-order valence-electron chi connectivity index (χ2n) is 7.79. The number of aromatic nitrogens is 1. The van der Waals surface area contributed by atoms with Crippen molar-refractivity contribution in [3.63, 3.8) is 0 Å². The fraction of sp³-hybridized carbons (Fsp3) is 0.348. The zero-order valence-electron chi connectivity index (χ0n) is 17.1. The van der Waals surface area contributed by atoms with Crippen molar-refractivity contribution in [1.29, 1.82) is 0 Å². The van der Waals surface area contributed by atoms with Crippen molar-refractivity contribution in [2.75, 3.05) is 6.61 Å². The molecule has 1 aliphatic rings. The lowest BCUT2D eigenvalue weighted by Gasteiger charge is -2.39. The number of nitrogens with one attached hydrogen (secondary N) is 1. The van der Waals surface area contributed by atoms with E-state index in [0.717, 1.165) is 16.5 Å². The van der Waals surface area contributed by atoms with E-state index in [1.807, 2.05) is 30.5 Å². The van der Waals surface area contributed by atoms with Crippen LogP contribution in [0.5, 0.6) is 11.5 Å². The Balaban J connectivity index is 1.51. The number of aliphatic hydroxyl groups is 4. The van der Waals surface area contributed by atoms with Gasteiger partial charge in [0.2, 0.25) is 6.29 Å². The predicted octanol–water partition coefficient (Wildman–Crippen LogP) is 0.868. The van der Waals surface area contributed by atoms with Gasteiger partial charge in [0.15, 0.2) is 5.78 Å². The van der Waals surface area contributed by atoms with Gasteiger partial charge in [-0.3, -0.25) is 4.79 Å². The molecule has 0 spiro atoms. The maximum atomic E-state index is 13.0. The fourth-order valence-corrected chi connectivity index (χ4v) is 3.83. The molecule has 2 heterocycles. The van der Waals surface area contributed by atoms with Crippen LogP contribution in [-0.2, 0) is 11.2 Å². The molecule has 1 fully saturated rings. The van der Waals surface area contributed by atoms with Crippen LogP contribution in [0, 0.1) is 0 Å². The summed E-state index contributed by atoms with van der Waals surface area (Å²) in [5.74, 6) is -0.713. The molecule has 9 heteroatoms. The minimum Gasteiger partial charge on any atom is -0.507 e. The summed E-state index contributed by atoms with van der Waals surface area (Å²) < 4.78 is 11.0. The Bertz CT molecular complexity index is 1090. The highest BCUT2D eigenvalue weighted by Crippen LogP contribution is 2.32. The third-order valence-electron chi connectivity index (χ3n) is 5.63. The summed E-state index contributed by atoms with van der Waals surface area (Å²) >= 11 is 0. The van der Waals surface area contributed by atoms with Crippen LogP contribution in [0.4, 0.5) is 0 Å². The number of carbonyl (C=O) groups is 1. The van der Waals surface area contributed by atoms with E-state index in [0.29, 0.717) is 6.42 Å². The molecule has 9 nitrogen and oxygen atoms in total. The number of hydrogen-bond donors (Lipinski definition) is 6. The quantitative estimate of drug-likeness (QED) is 0.294. The maximum absolute atomic E-state index is 13.0. The van der Waals surface area contributed by atoms with E-state index < -0.39 is 37.3 Å². The first-order chi connectivity index (χ1) is 15.4. The number of hydrogen-bond acceptors (Lipinski definition) is 8. The predicted molar refractivity (Wildman–Crippen MR) is 113 cm³/mol. The summed E-state index contributed by atoms with van der Waals surface area (Å²) in [4.78, 5) is 16.1. The number of phenolic OH excluding ortho intramolecular Hbond substituents is 1. The standard InChI is InChI=1S/C23H25NO8/c25-11-18-20(28)21(29)22(30)23(32-18)31-17-3-1-2-15(26)19(17)16(27)7-5-12-4-6-14-13(10-12)8-9-24-14/h1-4,6,8-10,18,20-26,28-30H,5,7,11H2/t18-,20-,21+,22-,23-/m1/s1. The summed E-state index contributed by atoms with van der Waals surface area (Å²) in [7, 11) is 0. The molecule has 4 rings (SSSR count). The maximum Gasteiger partial charge on any atom is 0.229 e. The van der Waals surface area contributed by atoms with Crippen LogP contribution >= 0.6 is 0 Å². The largest absolute Gasteiger partial charge is 0.507 e. The van der Waals surface area contributed by atoms with Crippen LogP contribution < -0.4 is 4.74 Å². The molecule has 2 aromatic carbocycles. The average molecular weight is 443 g/mol. The van der Waals surface area contributed by atoms with Crippen molar-refractivity contribution < 1.29 is 39.8 Å². The monoisotopic (exact) mass is 443 g/mol. The number of fused-ring (bicyclic) bond motifs is 1. The molecule has 1 aliphatic heterocycles. The number of ether oxygens (including phenoxy) is 2. The first kappa shape index (κ1) is 22.3. The zero-order chi connectivity index (χ0) is 22.8. The van der Waals surface area contributed by atoms with Gasteiger partial charge in [0.1, 0.15) is 41.5 Å². The number of phenols is 1. The number of rotatable bonds is 7. The highest BCUT2D eigenvalue weighted by atomic mass is 16.7. The van der Waals surface area contributed by atoms with E-state index >= 15 is 0 Å². The van der Waals surface area contributed by atoms with Crippen molar-refractivity contribution in [1.82, 2.24) is 4.98 Å². The smallest absolute Gasteiger partial charge is 0.229 e. The number of aryl methyl sites for hydroxylation is 1. The molecule has 5 atom stereocenters. The van der Waals surface area contributed by atoms with Gasteiger partial charge in [-0.15, -0.1) is 0 Å². The molecule has 0 saturated carbocycles. The molecule has 3 aromatic rings. The molecule has 32 heavy (non-hydrogen) atoms. The van der Waals surface area contributed by atoms with Crippen LogP contribution in [0.2, 0.25) is 0 Å². The second kappa shape index (κ2) is 9.27. The molecular formula is C23H25NO8. The summed E-state index contributed by atoms with van der Waals surface area (Å²) in [5, 5.41) is 50.8. The average Bonchev–Trinajstić information content (AvgIpc) is 3.26. The van der Waals surface area contributed by atoms with Crippen molar-refractivity contribution in [2.24, 2.45) is 0 Å². The van der Waals surface area contributed by atoms with E-state index in [1.165, 1.54) is 18.2 Å². The third-order valence-corrected chi connectivity index (χ3v) is 5.63. The van der Waals surface area contributed by atoms with Gasteiger partial charge in [-0.25, -0.2) is 0 Å². The Labute approximate surface area is 183 Å². The molecule has 0 amide bonds. The third kappa shape index (κ3) is 4.34. The van der Waals surface area contributed by atoms with Gasteiger partial charge in [-0.1, -0.05) is 12.1 Å². The molecule has 0 unspecified atom stereocenters. The SMILES string of the molecule is O=C(CCc1ccc2[nH]ccc2c1)c1c(O)cccc1O[C@@H]1O[C@H](CO)[C@@H](O)[C@H](O)[C@H]1O. The van der Waals surface area contributed by atoms with Gasteiger partial charge >= 0.3 is 0 Å². The Hall–Kier alpha value is -2.95. The number of ketones is 1. The molecule has 0 bridgehead atoms. The molecule has 1 aromatic heterocycles. The van der Waals surface area contributed by atoms with E-state index in [-0.39, 0.29) is 29.3 Å². The number of benzene rings is 2. The van der Waals surface area contributed by atoms with Crippen LogP contribution in [-0.4, -0.2) is 73.6 Å². The lowest BCUT2D eigenvalue weighted by atomic mass is 9.99. The normalized spacial score (nSPS) is 25.7. The second-order valence-corrected chi connectivity index (χ2v) is 7.79. The summed E-state index contributed by atoms with van der Waals surface area (Å²) in [5.41, 5.74) is 1.88. The lowest BCUT2D eigenvalue weighted by Crippen LogP contribution is -2.60. The van der Waals surface area contributed by atoms with Crippen molar-refractivity contribution in [3.8, 4) is 11.5 Å². The Kier molecular flexibility index (Phi) is 6.45. The first-order valence-electron chi connectivity index (χ1n) is 10.3.